The molecular weight excluding hydrogens is 236 g/mol. The van der Waals surface area contributed by atoms with E-state index in [4.69, 9.17) is 5.73 Å². The van der Waals surface area contributed by atoms with Crippen LogP contribution < -0.4 is 10.5 Å². The average Bonchev–Trinajstić information content (AvgIpc) is 2.15. The van der Waals surface area contributed by atoms with E-state index in [0.717, 1.165) is 5.56 Å². The third kappa shape index (κ3) is 4.46. The van der Waals surface area contributed by atoms with Crippen molar-refractivity contribution in [2.75, 3.05) is 0 Å². The Morgan fingerprint density at radius 3 is 2.53 bits per heavy atom. The summed E-state index contributed by atoms with van der Waals surface area (Å²) in [5, 5.41) is 0. The third-order valence-corrected chi connectivity index (χ3v) is 3.97. The number of sulfonamides is 1. The summed E-state index contributed by atoms with van der Waals surface area (Å²) in [5.74, 6) is 0. The van der Waals surface area contributed by atoms with E-state index in [2.05, 4.69) is 4.72 Å². The van der Waals surface area contributed by atoms with Crippen LogP contribution >= 0.6 is 0 Å². The SMILES string of the molecule is Cc1cccc(S(=O)(=O)NC(C)CC(C)N)c1. The molecular formula is C12H20N2O2S. The summed E-state index contributed by atoms with van der Waals surface area (Å²) >= 11 is 0. The smallest absolute Gasteiger partial charge is 0.240 e. The summed E-state index contributed by atoms with van der Waals surface area (Å²) in [6.45, 7) is 5.54. The Hall–Kier alpha value is -0.910. The predicted octanol–water partition coefficient (Wildman–Crippen LogP) is 1.40. The van der Waals surface area contributed by atoms with Crippen LogP contribution in [0, 0.1) is 6.92 Å². The van der Waals surface area contributed by atoms with E-state index in [1.807, 2.05) is 26.8 Å². The van der Waals surface area contributed by atoms with Crippen molar-refractivity contribution < 1.29 is 8.42 Å². The number of rotatable bonds is 5. The van der Waals surface area contributed by atoms with Gasteiger partial charge in [-0.2, -0.15) is 0 Å². The number of nitrogens with two attached hydrogens (primary N) is 1. The minimum absolute atomic E-state index is 0.0230. The van der Waals surface area contributed by atoms with E-state index >= 15 is 0 Å². The highest BCUT2D eigenvalue weighted by atomic mass is 32.2. The molecule has 0 amide bonds. The molecule has 0 aliphatic carbocycles. The third-order valence-electron chi connectivity index (χ3n) is 2.38. The van der Waals surface area contributed by atoms with Crippen LogP contribution in [-0.4, -0.2) is 20.5 Å². The highest BCUT2D eigenvalue weighted by Gasteiger charge is 2.17. The standard InChI is InChI=1S/C12H20N2O2S/c1-9-5-4-6-12(7-9)17(15,16)14-11(3)8-10(2)13/h4-7,10-11,14H,8,13H2,1-3H3. The lowest BCUT2D eigenvalue weighted by atomic mass is 10.1. The number of aryl methyl sites for hydroxylation is 1. The van der Waals surface area contributed by atoms with Gasteiger partial charge in [0.15, 0.2) is 0 Å². The second-order valence-electron chi connectivity index (χ2n) is 4.55. The van der Waals surface area contributed by atoms with E-state index in [0.29, 0.717) is 11.3 Å². The molecule has 1 aromatic carbocycles. The fourth-order valence-corrected chi connectivity index (χ4v) is 3.08. The molecule has 1 aromatic rings. The summed E-state index contributed by atoms with van der Waals surface area (Å²) in [4.78, 5) is 0.300. The van der Waals surface area contributed by atoms with Crippen LogP contribution in [-0.2, 0) is 10.0 Å². The minimum Gasteiger partial charge on any atom is -0.328 e. The van der Waals surface area contributed by atoms with Crippen molar-refractivity contribution in [3.8, 4) is 0 Å². The van der Waals surface area contributed by atoms with Crippen molar-refractivity contribution in [2.45, 2.75) is 44.2 Å². The largest absolute Gasteiger partial charge is 0.328 e. The summed E-state index contributed by atoms with van der Waals surface area (Å²) in [6.07, 6.45) is 0.616. The van der Waals surface area contributed by atoms with E-state index in [1.54, 1.807) is 18.2 Å². The van der Waals surface area contributed by atoms with Crippen molar-refractivity contribution in [3.05, 3.63) is 29.8 Å². The van der Waals surface area contributed by atoms with E-state index in [9.17, 15) is 8.42 Å². The second-order valence-corrected chi connectivity index (χ2v) is 6.27. The monoisotopic (exact) mass is 256 g/mol. The topological polar surface area (TPSA) is 72.2 Å². The van der Waals surface area contributed by atoms with E-state index in [1.165, 1.54) is 0 Å². The molecule has 2 unspecified atom stereocenters. The maximum absolute atomic E-state index is 12.0. The van der Waals surface area contributed by atoms with Gasteiger partial charge in [0.05, 0.1) is 4.90 Å². The van der Waals surface area contributed by atoms with Gasteiger partial charge in [0.2, 0.25) is 10.0 Å². The summed E-state index contributed by atoms with van der Waals surface area (Å²) in [6, 6.07) is 6.66. The molecule has 1 rings (SSSR count). The van der Waals surface area contributed by atoms with Gasteiger partial charge in [-0.1, -0.05) is 12.1 Å². The fraction of sp³-hybridized carbons (Fsp3) is 0.500. The fourth-order valence-electron chi connectivity index (χ4n) is 1.72. The van der Waals surface area contributed by atoms with Crippen LogP contribution in [0.2, 0.25) is 0 Å². The lowest BCUT2D eigenvalue weighted by Crippen LogP contribution is -2.36. The first kappa shape index (κ1) is 14.2. The quantitative estimate of drug-likeness (QED) is 0.836. The zero-order chi connectivity index (χ0) is 13.1. The van der Waals surface area contributed by atoms with Crippen LogP contribution in [0.1, 0.15) is 25.8 Å². The Bertz CT molecular complexity index is 469. The Morgan fingerprint density at radius 2 is 2.00 bits per heavy atom. The molecule has 0 saturated heterocycles. The molecule has 17 heavy (non-hydrogen) atoms. The molecule has 0 spiro atoms. The molecule has 0 saturated carbocycles. The molecule has 0 bridgehead atoms. The molecule has 0 fully saturated rings. The molecule has 0 aliphatic rings. The zero-order valence-corrected chi connectivity index (χ0v) is 11.3. The summed E-state index contributed by atoms with van der Waals surface area (Å²) in [7, 11) is -3.43. The first-order valence-corrected chi connectivity index (χ1v) is 7.14. The first-order valence-electron chi connectivity index (χ1n) is 5.66. The lowest BCUT2D eigenvalue weighted by Gasteiger charge is -2.16. The van der Waals surface area contributed by atoms with Gasteiger partial charge < -0.3 is 5.73 Å². The molecule has 0 radical (unpaired) electrons. The van der Waals surface area contributed by atoms with Gasteiger partial charge in [-0.05, 0) is 44.9 Å². The first-order chi connectivity index (χ1) is 7.81. The molecule has 4 nitrogen and oxygen atoms in total. The number of nitrogens with one attached hydrogen (secondary N) is 1. The predicted molar refractivity (Wildman–Crippen MR) is 69.2 cm³/mol. The molecule has 2 atom stereocenters. The van der Waals surface area contributed by atoms with Crippen LogP contribution in [0.25, 0.3) is 0 Å². The average molecular weight is 256 g/mol. The Morgan fingerprint density at radius 1 is 1.35 bits per heavy atom. The highest BCUT2D eigenvalue weighted by Crippen LogP contribution is 2.12. The maximum atomic E-state index is 12.0. The van der Waals surface area contributed by atoms with Gasteiger partial charge in [-0.3, -0.25) is 0 Å². The zero-order valence-electron chi connectivity index (χ0n) is 10.5. The van der Waals surface area contributed by atoms with Crippen molar-refractivity contribution in [1.29, 1.82) is 0 Å². The van der Waals surface area contributed by atoms with Crippen molar-refractivity contribution >= 4 is 10.0 Å². The number of benzene rings is 1. The Kier molecular flexibility index (Phi) is 4.68. The summed E-state index contributed by atoms with van der Waals surface area (Å²) < 4.78 is 26.7. The van der Waals surface area contributed by atoms with E-state index in [-0.39, 0.29) is 12.1 Å². The van der Waals surface area contributed by atoms with Gasteiger partial charge in [0, 0.05) is 12.1 Å². The van der Waals surface area contributed by atoms with Crippen molar-refractivity contribution in [3.63, 3.8) is 0 Å². The van der Waals surface area contributed by atoms with Gasteiger partial charge in [0.1, 0.15) is 0 Å². The molecule has 0 heterocycles. The second kappa shape index (κ2) is 5.62. The van der Waals surface area contributed by atoms with Crippen molar-refractivity contribution in [2.24, 2.45) is 5.73 Å². The summed E-state index contributed by atoms with van der Waals surface area (Å²) in [5.41, 5.74) is 6.56. The van der Waals surface area contributed by atoms with E-state index < -0.39 is 10.0 Å². The molecule has 3 N–H and O–H groups in total. The Balaban J connectivity index is 2.82. The highest BCUT2D eigenvalue weighted by molar-refractivity contribution is 7.89. The minimum atomic E-state index is -3.43. The molecule has 0 aliphatic heterocycles. The van der Waals surface area contributed by atoms with Crippen LogP contribution in [0.4, 0.5) is 0 Å². The molecule has 0 aromatic heterocycles. The van der Waals surface area contributed by atoms with Crippen LogP contribution in [0.15, 0.2) is 29.2 Å². The maximum Gasteiger partial charge on any atom is 0.240 e. The van der Waals surface area contributed by atoms with Gasteiger partial charge in [-0.15, -0.1) is 0 Å². The van der Waals surface area contributed by atoms with Gasteiger partial charge in [-0.25, -0.2) is 13.1 Å². The Labute approximate surface area is 103 Å². The molecule has 96 valence electrons. The molecule has 5 heteroatoms. The lowest BCUT2D eigenvalue weighted by molar-refractivity contribution is 0.519. The number of hydrogen-bond donors (Lipinski definition) is 2. The number of hydrogen-bond acceptors (Lipinski definition) is 3. The normalized spacial score (nSPS) is 15.5. The van der Waals surface area contributed by atoms with Gasteiger partial charge >= 0.3 is 0 Å². The van der Waals surface area contributed by atoms with Crippen LogP contribution in [0.5, 0.6) is 0 Å². The van der Waals surface area contributed by atoms with Crippen LogP contribution in [0.3, 0.4) is 0 Å². The van der Waals surface area contributed by atoms with Gasteiger partial charge in [0.25, 0.3) is 0 Å². The van der Waals surface area contributed by atoms with Crippen molar-refractivity contribution in [1.82, 2.24) is 4.72 Å².